The second-order valence-electron chi connectivity index (χ2n) is 7.50. The Balaban J connectivity index is 1.60. The Labute approximate surface area is 137 Å². The van der Waals surface area contributed by atoms with Gasteiger partial charge in [-0.25, -0.2) is 9.97 Å². The zero-order valence-electron chi connectivity index (χ0n) is 13.7. The zero-order valence-corrected chi connectivity index (χ0v) is 13.7. The normalized spacial score (nSPS) is 26.0. The minimum absolute atomic E-state index is 0.581. The predicted molar refractivity (Wildman–Crippen MR) is 92.5 cm³/mol. The van der Waals surface area contributed by atoms with Crippen LogP contribution in [0.5, 0.6) is 0 Å². The molecule has 0 amide bonds. The summed E-state index contributed by atoms with van der Waals surface area (Å²) in [4.78, 5) is 12.4. The standard InChI is InChI=1S/C20H23N3/c1-13-9-10-23(13)20-21-18-12-16(14-7-8-14)11-17(18)19(22-20)15-5-3-2-4-6-15/h2-6,13-14,16H,7-12H2,1H3/t13-,16?/m0/s1. The van der Waals surface area contributed by atoms with E-state index in [0.717, 1.165) is 30.7 Å². The molecular weight excluding hydrogens is 282 g/mol. The quantitative estimate of drug-likeness (QED) is 0.862. The van der Waals surface area contributed by atoms with Gasteiger partial charge in [0.2, 0.25) is 5.95 Å². The summed E-state index contributed by atoms with van der Waals surface area (Å²) in [5.74, 6) is 2.71. The van der Waals surface area contributed by atoms with Gasteiger partial charge in [-0.1, -0.05) is 30.3 Å². The van der Waals surface area contributed by atoms with Crippen molar-refractivity contribution in [3.05, 3.63) is 41.6 Å². The van der Waals surface area contributed by atoms with E-state index in [1.165, 1.54) is 48.2 Å². The van der Waals surface area contributed by atoms with Gasteiger partial charge >= 0.3 is 0 Å². The number of aromatic nitrogens is 2. The second kappa shape index (κ2) is 5.05. The smallest absolute Gasteiger partial charge is 0.226 e. The average Bonchev–Trinajstić information content (AvgIpc) is 3.33. The average molecular weight is 305 g/mol. The summed E-state index contributed by atoms with van der Waals surface area (Å²) >= 11 is 0. The Morgan fingerprint density at radius 3 is 2.43 bits per heavy atom. The maximum Gasteiger partial charge on any atom is 0.226 e. The Hall–Kier alpha value is -1.90. The van der Waals surface area contributed by atoms with E-state index in [1.54, 1.807) is 0 Å². The van der Waals surface area contributed by atoms with Gasteiger partial charge in [0.25, 0.3) is 0 Å². The second-order valence-corrected chi connectivity index (χ2v) is 7.50. The number of anilines is 1. The number of benzene rings is 1. The molecule has 1 aliphatic heterocycles. The van der Waals surface area contributed by atoms with Crippen LogP contribution in [-0.4, -0.2) is 22.6 Å². The van der Waals surface area contributed by atoms with E-state index < -0.39 is 0 Å². The third kappa shape index (κ3) is 2.25. The van der Waals surface area contributed by atoms with Crippen molar-refractivity contribution in [2.45, 2.75) is 45.1 Å². The summed E-state index contributed by atoms with van der Waals surface area (Å²) < 4.78 is 0. The SMILES string of the molecule is C[C@H]1CCN1c1nc2c(c(-c3ccccc3)n1)CC(C1CC1)C2. The van der Waals surface area contributed by atoms with E-state index in [0.29, 0.717) is 6.04 Å². The first-order chi connectivity index (χ1) is 11.3. The van der Waals surface area contributed by atoms with Gasteiger partial charge in [0.15, 0.2) is 0 Å². The van der Waals surface area contributed by atoms with E-state index in [9.17, 15) is 0 Å². The molecule has 2 fully saturated rings. The highest BCUT2D eigenvalue weighted by Crippen LogP contribution is 2.45. The molecule has 2 aliphatic carbocycles. The van der Waals surface area contributed by atoms with Crippen molar-refractivity contribution in [2.75, 3.05) is 11.4 Å². The number of fused-ring (bicyclic) bond motifs is 1. The van der Waals surface area contributed by atoms with E-state index in [2.05, 4.69) is 42.2 Å². The van der Waals surface area contributed by atoms with E-state index in [4.69, 9.17) is 9.97 Å². The van der Waals surface area contributed by atoms with Crippen LogP contribution >= 0.6 is 0 Å². The van der Waals surface area contributed by atoms with E-state index >= 15 is 0 Å². The van der Waals surface area contributed by atoms with Gasteiger partial charge in [0.1, 0.15) is 0 Å². The summed E-state index contributed by atoms with van der Waals surface area (Å²) in [5.41, 5.74) is 5.18. The number of nitrogens with zero attached hydrogens (tertiary/aromatic N) is 3. The molecule has 0 bridgehead atoms. The maximum absolute atomic E-state index is 5.02. The van der Waals surface area contributed by atoms with Crippen molar-refractivity contribution in [3.63, 3.8) is 0 Å². The lowest BCUT2D eigenvalue weighted by atomic mass is 9.99. The number of hydrogen-bond donors (Lipinski definition) is 0. The minimum Gasteiger partial charge on any atom is -0.338 e. The highest BCUT2D eigenvalue weighted by atomic mass is 15.3. The Kier molecular flexibility index (Phi) is 2.97. The molecule has 1 saturated carbocycles. The van der Waals surface area contributed by atoms with Crippen molar-refractivity contribution in [1.29, 1.82) is 0 Å². The highest BCUT2D eigenvalue weighted by molar-refractivity contribution is 5.66. The molecule has 2 heterocycles. The zero-order chi connectivity index (χ0) is 15.4. The maximum atomic E-state index is 5.02. The third-order valence-corrected chi connectivity index (χ3v) is 5.92. The predicted octanol–water partition coefficient (Wildman–Crippen LogP) is 3.87. The molecule has 118 valence electrons. The molecule has 0 radical (unpaired) electrons. The summed E-state index contributed by atoms with van der Waals surface area (Å²) in [6, 6.07) is 11.3. The molecule has 23 heavy (non-hydrogen) atoms. The summed E-state index contributed by atoms with van der Waals surface area (Å²) in [6.07, 6.45) is 6.44. The lowest BCUT2D eigenvalue weighted by molar-refractivity contribution is 0.468. The molecule has 0 spiro atoms. The first-order valence-corrected chi connectivity index (χ1v) is 9.01. The summed E-state index contributed by atoms with van der Waals surface area (Å²) in [7, 11) is 0. The van der Waals surface area contributed by atoms with Crippen molar-refractivity contribution >= 4 is 5.95 Å². The van der Waals surface area contributed by atoms with Crippen LogP contribution in [0.1, 0.15) is 37.4 Å². The van der Waals surface area contributed by atoms with Crippen LogP contribution in [0.4, 0.5) is 5.95 Å². The fourth-order valence-corrected chi connectivity index (χ4v) is 4.16. The van der Waals surface area contributed by atoms with E-state index in [-0.39, 0.29) is 0 Å². The fraction of sp³-hybridized carbons (Fsp3) is 0.500. The highest BCUT2D eigenvalue weighted by Gasteiger charge is 2.38. The van der Waals surface area contributed by atoms with Crippen molar-refractivity contribution in [1.82, 2.24) is 9.97 Å². The first-order valence-electron chi connectivity index (χ1n) is 9.01. The lowest BCUT2D eigenvalue weighted by Crippen LogP contribution is -2.46. The Morgan fingerprint density at radius 1 is 0.957 bits per heavy atom. The van der Waals surface area contributed by atoms with Crippen LogP contribution < -0.4 is 4.90 Å². The molecule has 3 nitrogen and oxygen atoms in total. The lowest BCUT2D eigenvalue weighted by Gasteiger charge is -2.39. The van der Waals surface area contributed by atoms with Crippen LogP contribution in [0.15, 0.2) is 30.3 Å². The largest absolute Gasteiger partial charge is 0.338 e. The van der Waals surface area contributed by atoms with Crippen molar-refractivity contribution < 1.29 is 0 Å². The van der Waals surface area contributed by atoms with Gasteiger partial charge in [-0.05, 0) is 50.9 Å². The first kappa shape index (κ1) is 13.5. The molecule has 3 heteroatoms. The molecule has 5 rings (SSSR count). The van der Waals surface area contributed by atoms with Crippen LogP contribution in [0.25, 0.3) is 11.3 Å². The van der Waals surface area contributed by atoms with Gasteiger partial charge in [-0.3, -0.25) is 0 Å². The monoisotopic (exact) mass is 305 g/mol. The fourth-order valence-electron chi connectivity index (χ4n) is 4.16. The molecule has 1 saturated heterocycles. The van der Waals surface area contributed by atoms with Crippen LogP contribution in [0, 0.1) is 11.8 Å². The molecular formula is C20H23N3. The van der Waals surface area contributed by atoms with Gasteiger partial charge < -0.3 is 4.90 Å². The van der Waals surface area contributed by atoms with Crippen molar-refractivity contribution in [3.8, 4) is 11.3 Å². The molecule has 2 atom stereocenters. The van der Waals surface area contributed by atoms with Crippen molar-refractivity contribution in [2.24, 2.45) is 11.8 Å². The Bertz CT molecular complexity index is 736. The number of hydrogen-bond acceptors (Lipinski definition) is 3. The molecule has 3 aliphatic rings. The van der Waals surface area contributed by atoms with Crippen LogP contribution in [0.2, 0.25) is 0 Å². The molecule has 0 N–H and O–H groups in total. The topological polar surface area (TPSA) is 29.0 Å². The number of rotatable bonds is 3. The van der Waals surface area contributed by atoms with Crippen LogP contribution in [0.3, 0.4) is 0 Å². The van der Waals surface area contributed by atoms with Gasteiger partial charge in [0.05, 0.1) is 11.4 Å². The summed E-state index contributed by atoms with van der Waals surface area (Å²) in [5, 5.41) is 0. The molecule has 1 aromatic heterocycles. The van der Waals surface area contributed by atoms with Crippen LogP contribution in [-0.2, 0) is 12.8 Å². The molecule has 1 aromatic carbocycles. The summed E-state index contributed by atoms with van der Waals surface area (Å²) in [6.45, 7) is 3.37. The van der Waals surface area contributed by atoms with Gasteiger partial charge in [-0.2, -0.15) is 0 Å². The van der Waals surface area contributed by atoms with Gasteiger partial charge in [0, 0.05) is 23.7 Å². The Morgan fingerprint density at radius 2 is 1.78 bits per heavy atom. The molecule has 1 unspecified atom stereocenters. The third-order valence-electron chi connectivity index (χ3n) is 5.92. The minimum atomic E-state index is 0.581. The van der Waals surface area contributed by atoms with E-state index in [1.807, 2.05) is 0 Å². The van der Waals surface area contributed by atoms with Gasteiger partial charge in [-0.15, -0.1) is 0 Å². The molecule has 2 aromatic rings.